The summed E-state index contributed by atoms with van der Waals surface area (Å²) < 4.78 is 45.9. The first-order chi connectivity index (χ1) is 10.7. The van der Waals surface area contributed by atoms with Crippen LogP contribution in [0.5, 0.6) is 5.75 Å². The summed E-state index contributed by atoms with van der Waals surface area (Å²) in [5.74, 6) is 0.371. The van der Waals surface area contributed by atoms with E-state index in [1.165, 1.54) is 6.07 Å². The molecule has 124 valence electrons. The van der Waals surface area contributed by atoms with Gasteiger partial charge in [0, 0.05) is 6.54 Å². The lowest BCUT2D eigenvalue weighted by molar-refractivity contribution is 0.408. The largest absolute Gasteiger partial charge is 0.496 e. The van der Waals surface area contributed by atoms with Gasteiger partial charge >= 0.3 is 0 Å². The zero-order chi connectivity index (χ0) is 17.2. The number of methoxy groups -OCH3 is 1. The molecule has 0 aromatic heterocycles. The van der Waals surface area contributed by atoms with Crippen molar-refractivity contribution in [2.75, 3.05) is 7.11 Å². The van der Waals surface area contributed by atoms with Crippen molar-refractivity contribution in [3.05, 3.63) is 58.4 Å². The second kappa shape index (κ2) is 6.68. The van der Waals surface area contributed by atoms with Gasteiger partial charge in [0.05, 0.1) is 12.0 Å². The highest BCUT2D eigenvalue weighted by Gasteiger charge is 2.17. The molecule has 6 heteroatoms. The molecule has 0 heterocycles. The van der Waals surface area contributed by atoms with Crippen LogP contribution in [0.4, 0.5) is 4.39 Å². The molecule has 2 aromatic rings. The smallest absolute Gasteiger partial charge is 0.240 e. The van der Waals surface area contributed by atoms with E-state index in [0.717, 1.165) is 11.1 Å². The standard InChI is InChI=1S/C17H20FNO3S/c1-11-7-14(5-6-16(11)18)10-19-23(20,21)15-8-12(2)17(22-4)13(3)9-15/h5-9,19H,10H2,1-4H3. The number of hydrogen-bond donors (Lipinski definition) is 1. The zero-order valence-corrected chi connectivity index (χ0v) is 14.4. The van der Waals surface area contributed by atoms with Gasteiger partial charge in [0.1, 0.15) is 11.6 Å². The minimum absolute atomic E-state index is 0.105. The third-order valence-corrected chi connectivity index (χ3v) is 5.02. The molecule has 4 nitrogen and oxygen atoms in total. The summed E-state index contributed by atoms with van der Waals surface area (Å²) in [7, 11) is -2.10. The molecule has 0 saturated heterocycles. The Morgan fingerprint density at radius 2 is 1.65 bits per heavy atom. The van der Waals surface area contributed by atoms with E-state index in [1.807, 2.05) is 0 Å². The first-order valence-electron chi connectivity index (χ1n) is 7.14. The average Bonchev–Trinajstić information content (AvgIpc) is 2.48. The second-order valence-electron chi connectivity index (χ2n) is 5.50. The predicted octanol–water partition coefficient (Wildman–Crippen LogP) is 3.24. The van der Waals surface area contributed by atoms with Crippen LogP contribution >= 0.6 is 0 Å². The van der Waals surface area contributed by atoms with Crippen LogP contribution in [-0.2, 0) is 16.6 Å². The molecule has 0 radical (unpaired) electrons. The molecule has 0 fully saturated rings. The minimum Gasteiger partial charge on any atom is -0.496 e. The fourth-order valence-electron chi connectivity index (χ4n) is 2.47. The summed E-state index contributed by atoms with van der Waals surface area (Å²) in [6, 6.07) is 7.67. The SMILES string of the molecule is COc1c(C)cc(S(=O)(=O)NCc2ccc(F)c(C)c2)cc1C. The predicted molar refractivity (Wildman–Crippen MR) is 87.6 cm³/mol. The molecular weight excluding hydrogens is 317 g/mol. The summed E-state index contributed by atoms with van der Waals surface area (Å²) in [6.07, 6.45) is 0. The number of nitrogens with one attached hydrogen (secondary N) is 1. The number of rotatable bonds is 5. The molecule has 0 aliphatic heterocycles. The Bertz CT molecular complexity index is 809. The third-order valence-electron chi connectivity index (χ3n) is 3.64. The Kier molecular flexibility index (Phi) is 5.06. The number of halogens is 1. The van der Waals surface area contributed by atoms with Gasteiger partial charge in [0.2, 0.25) is 10.0 Å². The molecule has 0 saturated carbocycles. The van der Waals surface area contributed by atoms with Gasteiger partial charge in [-0.25, -0.2) is 17.5 Å². The van der Waals surface area contributed by atoms with E-state index >= 15 is 0 Å². The van der Waals surface area contributed by atoms with Gasteiger partial charge in [-0.05, 0) is 61.2 Å². The van der Waals surface area contributed by atoms with Crippen LogP contribution in [0.25, 0.3) is 0 Å². The summed E-state index contributed by atoms with van der Waals surface area (Å²) in [6.45, 7) is 5.35. The summed E-state index contributed by atoms with van der Waals surface area (Å²) in [5.41, 5.74) is 2.70. The van der Waals surface area contributed by atoms with Gasteiger partial charge in [0.15, 0.2) is 0 Å². The molecule has 0 unspecified atom stereocenters. The first kappa shape index (κ1) is 17.4. The molecule has 0 spiro atoms. The second-order valence-corrected chi connectivity index (χ2v) is 7.27. The van der Waals surface area contributed by atoms with Crippen molar-refractivity contribution < 1.29 is 17.5 Å². The van der Waals surface area contributed by atoms with Crippen molar-refractivity contribution in [1.29, 1.82) is 0 Å². The van der Waals surface area contributed by atoms with Crippen LogP contribution in [0.2, 0.25) is 0 Å². The van der Waals surface area contributed by atoms with Crippen LogP contribution in [0.1, 0.15) is 22.3 Å². The molecule has 2 aromatic carbocycles. The Morgan fingerprint density at radius 1 is 1.04 bits per heavy atom. The summed E-state index contributed by atoms with van der Waals surface area (Å²) in [4.78, 5) is 0.187. The molecule has 0 amide bonds. The van der Waals surface area contributed by atoms with Gasteiger partial charge < -0.3 is 4.74 Å². The minimum atomic E-state index is -3.65. The molecule has 0 aliphatic carbocycles. The van der Waals surface area contributed by atoms with Crippen molar-refractivity contribution in [1.82, 2.24) is 4.72 Å². The molecule has 0 aliphatic rings. The van der Waals surface area contributed by atoms with Crippen molar-refractivity contribution in [2.45, 2.75) is 32.2 Å². The Morgan fingerprint density at radius 3 is 2.17 bits per heavy atom. The first-order valence-corrected chi connectivity index (χ1v) is 8.63. The molecule has 23 heavy (non-hydrogen) atoms. The summed E-state index contributed by atoms with van der Waals surface area (Å²) >= 11 is 0. The number of aryl methyl sites for hydroxylation is 3. The van der Waals surface area contributed by atoms with Gasteiger partial charge in [-0.3, -0.25) is 0 Å². The van der Waals surface area contributed by atoms with E-state index in [1.54, 1.807) is 52.1 Å². The van der Waals surface area contributed by atoms with Crippen LogP contribution in [-0.4, -0.2) is 15.5 Å². The maximum Gasteiger partial charge on any atom is 0.240 e. The lowest BCUT2D eigenvalue weighted by Gasteiger charge is -2.12. The number of hydrogen-bond acceptors (Lipinski definition) is 3. The Balaban J connectivity index is 2.23. The maximum atomic E-state index is 13.2. The van der Waals surface area contributed by atoms with Gasteiger partial charge in [0.25, 0.3) is 0 Å². The summed E-state index contributed by atoms with van der Waals surface area (Å²) in [5, 5.41) is 0. The van der Waals surface area contributed by atoms with E-state index in [-0.39, 0.29) is 17.3 Å². The van der Waals surface area contributed by atoms with Gasteiger partial charge in [-0.15, -0.1) is 0 Å². The normalized spacial score (nSPS) is 11.5. The van der Waals surface area contributed by atoms with Crippen molar-refractivity contribution in [3.8, 4) is 5.75 Å². The van der Waals surface area contributed by atoms with Gasteiger partial charge in [-0.1, -0.05) is 12.1 Å². The molecule has 2 rings (SSSR count). The van der Waals surface area contributed by atoms with Crippen LogP contribution in [0.3, 0.4) is 0 Å². The van der Waals surface area contributed by atoms with E-state index in [2.05, 4.69) is 4.72 Å². The Labute approximate surface area is 136 Å². The highest BCUT2D eigenvalue weighted by Crippen LogP contribution is 2.26. The van der Waals surface area contributed by atoms with E-state index in [0.29, 0.717) is 16.9 Å². The van der Waals surface area contributed by atoms with E-state index < -0.39 is 10.0 Å². The van der Waals surface area contributed by atoms with E-state index in [4.69, 9.17) is 4.74 Å². The van der Waals surface area contributed by atoms with Gasteiger partial charge in [-0.2, -0.15) is 0 Å². The van der Waals surface area contributed by atoms with Crippen molar-refractivity contribution >= 4 is 10.0 Å². The Hall–Kier alpha value is -1.92. The highest BCUT2D eigenvalue weighted by atomic mass is 32.2. The highest BCUT2D eigenvalue weighted by molar-refractivity contribution is 7.89. The van der Waals surface area contributed by atoms with Crippen LogP contribution in [0.15, 0.2) is 35.2 Å². The average molecular weight is 337 g/mol. The number of sulfonamides is 1. The molecular formula is C17H20FNO3S. The fourth-order valence-corrected chi connectivity index (χ4v) is 3.65. The molecule has 1 N–H and O–H groups in total. The lowest BCUT2D eigenvalue weighted by Crippen LogP contribution is -2.23. The monoisotopic (exact) mass is 337 g/mol. The number of benzene rings is 2. The third kappa shape index (κ3) is 3.89. The quantitative estimate of drug-likeness (QED) is 0.911. The molecule has 0 bridgehead atoms. The maximum absolute atomic E-state index is 13.2. The van der Waals surface area contributed by atoms with Crippen molar-refractivity contribution in [2.24, 2.45) is 0 Å². The van der Waals surface area contributed by atoms with Crippen LogP contribution < -0.4 is 9.46 Å². The van der Waals surface area contributed by atoms with Crippen molar-refractivity contribution in [3.63, 3.8) is 0 Å². The fraction of sp³-hybridized carbons (Fsp3) is 0.294. The zero-order valence-electron chi connectivity index (χ0n) is 13.6. The molecule has 0 atom stereocenters. The topological polar surface area (TPSA) is 55.4 Å². The van der Waals surface area contributed by atoms with E-state index in [9.17, 15) is 12.8 Å². The lowest BCUT2D eigenvalue weighted by atomic mass is 10.1. The number of ether oxygens (including phenoxy) is 1. The van der Waals surface area contributed by atoms with Crippen LogP contribution in [0, 0.1) is 26.6 Å².